The number of sulfonamides is 1. The number of piperazine rings is 1. The Morgan fingerprint density at radius 2 is 1.58 bits per heavy atom. The summed E-state index contributed by atoms with van der Waals surface area (Å²) < 4.78 is 27.5. The van der Waals surface area contributed by atoms with Gasteiger partial charge in [-0.3, -0.25) is 9.69 Å². The van der Waals surface area contributed by atoms with Crippen molar-refractivity contribution in [1.82, 2.24) is 14.1 Å². The van der Waals surface area contributed by atoms with Gasteiger partial charge in [0.25, 0.3) is 5.91 Å². The van der Waals surface area contributed by atoms with Crippen LogP contribution in [0.25, 0.3) is 0 Å². The normalized spacial score (nSPS) is 19.7. The molecule has 1 amide bonds. The van der Waals surface area contributed by atoms with Crippen molar-refractivity contribution >= 4 is 15.9 Å². The number of rotatable bonds is 6. The van der Waals surface area contributed by atoms with Gasteiger partial charge in [0.15, 0.2) is 0 Å². The van der Waals surface area contributed by atoms with E-state index in [0.717, 1.165) is 51.7 Å². The van der Waals surface area contributed by atoms with E-state index < -0.39 is 10.0 Å². The van der Waals surface area contributed by atoms with E-state index in [4.69, 9.17) is 0 Å². The third kappa shape index (κ3) is 6.30. The van der Waals surface area contributed by atoms with E-state index in [1.807, 2.05) is 4.90 Å². The maximum absolute atomic E-state index is 13.0. The van der Waals surface area contributed by atoms with E-state index in [-0.39, 0.29) is 16.8 Å². The molecule has 31 heavy (non-hydrogen) atoms. The fourth-order valence-electron chi connectivity index (χ4n) is 4.43. The molecule has 0 unspecified atom stereocenters. The molecule has 1 aromatic carbocycles. The molecule has 1 aliphatic heterocycles. The molecule has 174 valence electrons. The van der Waals surface area contributed by atoms with E-state index in [9.17, 15) is 13.2 Å². The molecule has 7 heteroatoms. The lowest BCUT2D eigenvalue weighted by molar-refractivity contribution is 0.0623. The Morgan fingerprint density at radius 1 is 1.00 bits per heavy atom. The largest absolute Gasteiger partial charge is 0.336 e. The second kappa shape index (κ2) is 10.0. The quantitative estimate of drug-likeness (QED) is 0.662. The smallest absolute Gasteiger partial charge is 0.253 e. The molecule has 1 saturated heterocycles. The van der Waals surface area contributed by atoms with Crippen molar-refractivity contribution in [2.45, 2.75) is 70.2 Å². The van der Waals surface area contributed by atoms with Gasteiger partial charge in [0, 0.05) is 44.8 Å². The van der Waals surface area contributed by atoms with Crippen LogP contribution in [0.2, 0.25) is 0 Å². The molecule has 1 aliphatic carbocycles. The van der Waals surface area contributed by atoms with E-state index in [0.29, 0.717) is 24.1 Å². The Kier molecular flexibility index (Phi) is 7.81. The summed E-state index contributed by atoms with van der Waals surface area (Å²) in [5.41, 5.74) is 0.877. The van der Waals surface area contributed by atoms with E-state index in [2.05, 4.69) is 25.7 Å². The van der Waals surface area contributed by atoms with Crippen molar-refractivity contribution in [2.75, 3.05) is 39.8 Å². The Morgan fingerprint density at radius 3 is 2.13 bits per heavy atom. The van der Waals surface area contributed by atoms with Crippen LogP contribution in [-0.4, -0.2) is 74.2 Å². The van der Waals surface area contributed by atoms with Crippen molar-refractivity contribution in [1.29, 1.82) is 0 Å². The first-order valence-electron chi connectivity index (χ1n) is 11.7. The van der Waals surface area contributed by atoms with Crippen LogP contribution < -0.4 is 0 Å². The highest BCUT2D eigenvalue weighted by atomic mass is 32.2. The minimum Gasteiger partial charge on any atom is -0.336 e. The molecular formula is C24H39N3O3S. The monoisotopic (exact) mass is 449 g/mol. The van der Waals surface area contributed by atoms with Gasteiger partial charge in [-0.05, 0) is 55.5 Å². The lowest BCUT2D eigenvalue weighted by Gasteiger charge is -2.36. The summed E-state index contributed by atoms with van der Waals surface area (Å²) in [4.78, 5) is 17.5. The molecule has 2 aliphatic rings. The first-order valence-corrected chi connectivity index (χ1v) is 13.1. The average molecular weight is 450 g/mol. The Bertz CT molecular complexity index is 832. The summed E-state index contributed by atoms with van der Waals surface area (Å²) in [6.07, 6.45) is 6.35. The van der Waals surface area contributed by atoms with Crippen LogP contribution in [0.1, 0.15) is 69.7 Å². The molecule has 3 rings (SSSR count). The minimum atomic E-state index is -3.53. The first-order chi connectivity index (χ1) is 14.6. The number of amides is 1. The number of hydrogen-bond donors (Lipinski definition) is 0. The second-order valence-corrected chi connectivity index (χ2v) is 12.3. The van der Waals surface area contributed by atoms with Gasteiger partial charge >= 0.3 is 0 Å². The highest BCUT2D eigenvalue weighted by Gasteiger charge is 2.29. The molecule has 1 aromatic rings. The van der Waals surface area contributed by atoms with Crippen LogP contribution in [-0.2, 0) is 10.0 Å². The third-order valence-electron chi connectivity index (χ3n) is 6.70. The van der Waals surface area contributed by atoms with Gasteiger partial charge < -0.3 is 4.90 Å². The van der Waals surface area contributed by atoms with Crippen LogP contribution in [0.3, 0.4) is 0 Å². The second-order valence-electron chi connectivity index (χ2n) is 10.3. The summed E-state index contributed by atoms with van der Waals surface area (Å²) in [6.45, 7) is 11.0. The molecule has 0 bridgehead atoms. The summed E-state index contributed by atoms with van der Waals surface area (Å²) in [7, 11) is -1.85. The molecule has 6 nitrogen and oxygen atoms in total. The van der Waals surface area contributed by atoms with E-state index >= 15 is 0 Å². The lowest BCUT2D eigenvalue weighted by atomic mass is 9.92. The van der Waals surface area contributed by atoms with Crippen molar-refractivity contribution in [3.63, 3.8) is 0 Å². The van der Waals surface area contributed by atoms with Crippen LogP contribution in [0.15, 0.2) is 29.2 Å². The molecule has 0 spiro atoms. The van der Waals surface area contributed by atoms with Crippen LogP contribution in [0.5, 0.6) is 0 Å². The summed E-state index contributed by atoms with van der Waals surface area (Å²) in [5, 5.41) is 0. The topological polar surface area (TPSA) is 60.9 Å². The van der Waals surface area contributed by atoms with Gasteiger partial charge in [-0.25, -0.2) is 8.42 Å². The van der Waals surface area contributed by atoms with E-state index in [1.54, 1.807) is 31.3 Å². The molecule has 0 N–H and O–H groups in total. The zero-order valence-electron chi connectivity index (χ0n) is 19.6. The average Bonchev–Trinajstić information content (AvgIpc) is 2.77. The predicted molar refractivity (Wildman–Crippen MR) is 125 cm³/mol. The molecule has 2 fully saturated rings. The number of carbonyl (C=O) groups excluding carboxylic acids is 1. The summed E-state index contributed by atoms with van der Waals surface area (Å²) in [5.74, 6) is -0.0138. The first kappa shape index (κ1) is 24.2. The molecule has 0 aromatic heterocycles. The van der Waals surface area contributed by atoms with Crippen LogP contribution >= 0.6 is 0 Å². The van der Waals surface area contributed by atoms with Crippen molar-refractivity contribution in [3.05, 3.63) is 29.8 Å². The Hall–Kier alpha value is -1.44. The third-order valence-corrected chi connectivity index (χ3v) is 8.63. The summed E-state index contributed by atoms with van der Waals surface area (Å²) >= 11 is 0. The van der Waals surface area contributed by atoms with Gasteiger partial charge in [0.2, 0.25) is 10.0 Å². The lowest BCUT2D eigenvalue weighted by Crippen LogP contribution is -2.49. The number of benzene rings is 1. The van der Waals surface area contributed by atoms with E-state index in [1.165, 1.54) is 10.7 Å². The molecule has 1 heterocycles. The van der Waals surface area contributed by atoms with Crippen LogP contribution in [0.4, 0.5) is 0 Å². The van der Waals surface area contributed by atoms with Crippen LogP contribution in [0, 0.1) is 5.41 Å². The standard InChI is InChI=1S/C24H39N3O3S/c1-24(2,3)14-15-26-16-18-27(19-17-26)23(28)20-10-12-22(13-11-20)31(29,30)25(4)21-8-6-5-7-9-21/h10-13,21H,5-9,14-19H2,1-4H3. The molecule has 0 radical (unpaired) electrons. The molecule has 0 atom stereocenters. The zero-order valence-corrected chi connectivity index (χ0v) is 20.5. The maximum atomic E-state index is 13.0. The minimum absolute atomic E-state index is 0.0138. The zero-order chi connectivity index (χ0) is 22.6. The fraction of sp³-hybridized carbons (Fsp3) is 0.708. The van der Waals surface area contributed by atoms with Gasteiger partial charge in [-0.15, -0.1) is 0 Å². The highest BCUT2D eigenvalue weighted by Crippen LogP contribution is 2.27. The van der Waals surface area contributed by atoms with Gasteiger partial charge in [0.05, 0.1) is 4.90 Å². The van der Waals surface area contributed by atoms with Crippen molar-refractivity contribution < 1.29 is 13.2 Å². The fourth-order valence-corrected chi connectivity index (χ4v) is 5.84. The highest BCUT2D eigenvalue weighted by molar-refractivity contribution is 7.89. The van der Waals surface area contributed by atoms with Crippen molar-refractivity contribution in [2.24, 2.45) is 5.41 Å². The number of hydrogen-bond acceptors (Lipinski definition) is 4. The van der Waals surface area contributed by atoms with Gasteiger partial charge in [-0.1, -0.05) is 40.0 Å². The predicted octanol–water partition coefficient (Wildman–Crippen LogP) is 3.83. The Labute approximate surface area is 188 Å². The van der Waals surface area contributed by atoms with Crippen molar-refractivity contribution in [3.8, 4) is 0 Å². The maximum Gasteiger partial charge on any atom is 0.253 e. The van der Waals surface area contributed by atoms with Gasteiger partial charge in [-0.2, -0.15) is 4.31 Å². The molecule has 1 saturated carbocycles. The Balaban J connectivity index is 1.58. The summed E-state index contributed by atoms with van der Waals surface area (Å²) in [6, 6.07) is 6.57. The number of carbonyl (C=O) groups is 1. The molecular weight excluding hydrogens is 410 g/mol. The number of nitrogens with zero attached hydrogens (tertiary/aromatic N) is 3. The van der Waals surface area contributed by atoms with Gasteiger partial charge in [0.1, 0.15) is 0 Å². The SMILES string of the molecule is CN(C1CCCCC1)S(=O)(=O)c1ccc(C(=O)N2CCN(CCC(C)(C)C)CC2)cc1.